The van der Waals surface area contributed by atoms with Crippen LogP contribution in [0.25, 0.3) is 194 Å². The van der Waals surface area contributed by atoms with E-state index in [0.29, 0.717) is 10.8 Å². The van der Waals surface area contributed by atoms with Crippen LogP contribution in [-0.2, 0) is 25.7 Å². The summed E-state index contributed by atoms with van der Waals surface area (Å²) in [5.41, 5.74) is 5.33. The number of aryl methyl sites for hydroxylation is 4. The van der Waals surface area contributed by atoms with Gasteiger partial charge in [0.05, 0.1) is 11.1 Å². The fourth-order valence-corrected chi connectivity index (χ4v) is 17.8. The lowest BCUT2D eigenvalue weighted by molar-refractivity contribution is 0.0655. The van der Waals surface area contributed by atoms with Gasteiger partial charge < -0.3 is 10.2 Å². The van der Waals surface area contributed by atoms with E-state index in [1.165, 1.54) is 141 Å². The summed E-state index contributed by atoms with van der Waals surface area (Å²) in [5.74, 6) is -2.43. The van der Waals surface area contributed by atoms with Gasteiger partial charge in [-0.15, -0.1) is 0 Å². The number of fused-ring (bicyclic) bond motifs is 7. The number of rotatable bonds is 14. The number of aromatic carboxylic acids is 2. The van der Waals surface area contributed by atoms with Crippen molar-refractivity contribution >= 4 is 206 Å². The minimum absolute atomic E-state index is 0.118. The highest BCUT2D eigenvalue weighted by Crippen LogP contribution is 2.65. The molecule has 0 spiro atoms. The lowest BCUT2D eigenvalue weighted by Crippen LogP contribution is -2.12. The monoisotopic (exact) mass is 1030 g/mol. The zero-order chi connectivity index (χ0) is 53.2. The second-order valence-corrected chi connectivity index (χ2v) is 24.6. The van der Waals surface area contributed by atoms with Crippen LogP contribution in [0, 0.1) is 0 Å². The van der Waals surface area contributed by atoms with Gasteiger partial charge in [0.1, 0.15) is 0 Å². The standard InChI is InChI=1S/C76H54O4/c1-5-9-15-33-27-37-23-25-41-39-19-13-21-43-53(39)63-65-55(41)49(37)45(29-33)47-31-35(17-11-7-3)51-52-36(18-12-8-4)32-48-46-30-34(16-10-6-2)28-38-24-26-42-40-20-14-22-44-54(40)64-66(56(42)50(38)46)60(48)62(52)70-69(61(51)59(47)65)71(63)67-57(43)73(75(77)78)74(76(79)80)58(44)68(67)72(64)70/h13-14,19-32H,5-12,15-18H2,1-4H3,(H,77,78)(H,79,80). The first-order valence-electron chi connectivity index (χ1n) is 29.9. The van der Waals surface area contributed by atoms with Gasteiger partial charge in [-0.25, -0.2) is 9.59 Å². The van der Waals surface area contributed by atoms with Crippen molar-refractivity contribution in [3.8, 4) is 0 Å². The summed E-state index contributed by atoms with van der Waals surface area (Å²) in [5, 5.41) is 65.6. The Morgan fingerprint density at radius 1 is 0.287 bits per heavy atom. The van der Waals surface area contributed by atoms with Crippen LogP contribution in [0.2, 0.25) is 0 Å². The summed E-state index contributed by atoms with van der Waals surface area (Å²) in [6.45, 7) is 9.23. The zero-order valence-electron chi connectivity index (χ0n) is 45.4. The average Bonchev–Trinajstić information content (AvgIpc) is 0.797. The maximum absolute atomic E-state index is 14.7. The Bertz CT molecular complexity index is 5510. The molecule has 19 aromatic carbocycles. The smallest absolute Gasteiger partial charge is 0.337 e. The topological polar surface area (TPSA) is 74.6 Å². The molecular formula is C76H54O4. The summed E-state index contributed by atoms with van der Waals surface area (Å²) in [6.07, 6.45) is 12.7. The highest BCUT2D eigenvalue weighted by Gasteiger charge is 2.39. The van der Waals surface area contributed by atoms with Crippen molar-refractivity contribution in [3.63, 3.8) is 0 Å². The maximum Gasteiger partial charge on any atom is 0.337 e. The molecule has 19 aromatic rings. The molecule has 0 aliphatic carbocycles. The van der Waals surface area contributed by atoms with E-state index in [1.54, 1.807) is 0 Å². The Morgan fingerprint density at radius 3 is 1.00 bits per heavy atom. The van der Waals surface area contributed by atoms with E-state index in [1.807, 2.05) is 0 Å². The molecule has 0 atom stereocenters. The lowest BCUT2D eigenvalue weighted by Gasteiger charge is -2.33. The molecule has 0 amide bonds. The van der Waals surface area contributed by atoms with Crippen LogP contribution in [0.15, 0.2) is 97.1 Å². The van der Waals surface area contributed by atoms with Gasteiger partial charge in [-0.1, -0.05) is 138 Å². The largest absolute Gasteiger partial charge is 0.478 e. The first kappa shape index (κ1) is 44.3. The van der Waals surface area contributed by atoms with Gasteiger partial charge in [0.2, 0.25) is 0 Å². The van der Waals surface area contributed by atoms with Gasteiger partial charge in [0.25, 0.3) is 0 Å². The van der Waals surface area contributed by atoms with E-state index in [0.717, 1.165) is 142 Å². The molecule has 0 heterocycles. The zero-order valence-corrected chi connectivity index (χ0v) is 45.4. The minimum atomic E-state index is -1.21. The molecule has 0 saturated heterocycles. The number of hydrogen-bond donors (Lipinski definition) is 2. The van der Waals surface area contributed by atoms with Crippen LogP contribution in [-0.4, -0.2) is 22.2 Å². The number of unbranched alkanes of at least 4 members (excludes halogenated alkanes) is 4. The second kappa shape index (κ2) is 14.8. The van der Waals surface area contributed by atoms with Crippen LogP contribution >= 0.6 is 0 Å². The Labute approximate surface area is 458 Å². The average molecular weight is 1030 g/mol. The van der Waals surface area contributed by atoms with Crippen molar-refractivity contribution in [2.75, 3.05) is 0 Å². The number of carboxylic acids is 2. The first-order valence-corrected chi connectivity index (χ1v) is 29.9. The van der Waals surface area contributed by atoms with Gasteiger partial charge in [0, 0.05) is 32.3 Å². The Balaban J connectivity index is 1.25. The molecule has 0 radical (unpaired) electrons. The SMILES string of the molecule is CCCCc1cc2ccc3c4cccc5c6c(C(=O)O)c(C(=O)O)c7c8cccc9c%10ccc%11cc(CCCC)cc%12c%13cc(CCCC)c%14c%15c(CCCC)cc%16c(c1)c2c3c1c%16c%15c2c(c6c7c3c(c98)c(c%10c%11%12)c%13c%14c32)c1c45. The quantitative estimate of drug-likeness (QED) is 0.0841. The molecular weight excluding hydrogens is 977 g/mol. The van der Waals surface area contributed by atoms with Crippen molar-refractivity contribution < 1.29 is 19.8 Å². The Kier molecular flexibility index (Phi) is 8.19. The predicted octanol–water partition coefficient (Wildman–Crippen LogP) is 21.6. The number of carbonyl (C=O) groups is 2. The van der Waals surface area contributed by atoms with Crippen molar-refractivity contribution in [3.05, 3.63) is 130 Å². The predicted molar refractivity (Wildman–Crippen MR) is 342 cm³/mol. The summed E-state index contributed by atoms with van der Waals surface area (Å²) in [4.78, 5) is 29.4. The van der Waals surface area contributed by atoms with Crippen LogP contribution in [0.5, 0.6) is 0 Å². The molecule has 4 nitrogen and oxygen atoms in total. The molecule has 80 heavy (non-hydrogen) atoms. The van der Waals surface area contributed by atoms with Crippen LogP contribution in [0.3, 0.4) is 0 Å². The van der Waals surface area contributed by atoms with Gasteiger partial charge in [-0.05, 0) is 247 Å². The number of hydrogen-bond acceptors (Lipinski definition) is 2. The molecule has 0 aromatic heterocycles. The molecule has 0 aliphatic heterocycles. The third-order valence-corrected chi connectivity index (χ3v) is 20.7. The van der Waals surface area contributed by atoms with Crippen LogP contribution in [0.4, 0.5) is 0 Å². The molecule has 0 bridgehead atoms. The molecule has 4 heteroatoms. The van der Waals surface area contributed by atoms with Gasteiger partial charge in [-0.2, -0.15) is 0 Å². The lowest BCUT2D eigenvalue weighted by atomic mass is 9.68. The van der Waals surface area contributed by atoms with Crippen LogP contribution in [0.1, 0.15) is 122 Å². The normalized spacial score (nSPS) is 13.6. The fraction of sp³-hybridized carbons (Fsp3) is 0.211. The van der Waals surface area contributed by atoms with Gasteiger partial charge >= 0.3 is 11.9 Å². The van der Waals surface area contributed by atoms with Crippen molar-refractivity contribution in [1.82, 2.24) is 0 Å². The summed E-state index contributed by atoms with van der Waals surface area (Å²) in [6, 6.07) is 37.5. The molecule has 382 valence electrons. The van der Waals surface area contributed by atoms with E-state index in [-0.39, 0.29) is 11.1 Å². The molecule has 0 unspecified atom stereocenters. The number of benzene rings is 19. The summed E-state index contributed by atoms with van der Waals surface area (Å²) < 4.78 is 0. The fourth-order valence-electron chi connectivity index (χ4n) is 17.8. The van der Waals surface area contributed by atoms with Crippen molar-refractivity contribution in [1.29, 1.82) is 0 Å². The summed E-state index contributed by atoms with van der Waals surface area (Å²) in [7, 11) is 0. The third-order valence-electron chi connectivity index (χ3n) is 20.7. The Hall–Kier alpha value is -8.60. The molecule has 0 saturated carbocycles. The van der Waals surface area contributed by atoms with Crippen molar-refractivity contribution in [2.45, 2.75) is 105 Å². The van der Waals surface area contributed by atoms with Gasteiger partial charge in [0.15, 0.2) is 0 Å². The first-order chi connectivity index (χ1) is 39.3. The van der Waals surface area contributed by atoms with E-state index >= 15 is 0 Å². The highest BCUT2D eigenvalue weighted by atomic mass is 16.4. The highest BCUT2D eigenvalue weighted by molar-refractivity contribution is 6.66. The van der Waals surface area contributed by atoms with E-state index in [4.69, 9.17) is 0 Å². The van der Waals surface area contributed by atoms with Crippen LogP contribution < -0.4 is 0 Å². The maximum atomic E-state index is 14.7. The van der Waals surface area contributed by atoms with Gasteiger partial charge in [-0.3, -0.25) is 0 Å². The van der Waals surface area contributed by atoms with Crippen molar-refractivity contribution in [2.24, 2.45) is 0 Å². The molecule has 2 N–H and O–H groups in total. The van der Waals surface area contributed by atoms with E-state index < -0.39 is 11.9 Å². The summed E-state index contributed by atoms with van der Waals surface area (Å²) >= 11 is 0. The third kappa shape index (κ3) is 4.75. The van der Waals surface area contributed by atoms with E-state index in [2.05, 4.69) is 125 Å². The Morgan fingerprint density at radius 2 is 0.600 bits per heavy atom. The second-order valence-electron chi connectivity index (χ2n) is 24.6. The van der Waals surface area contributed by atoms with E-state index in [9.17, 15) is 19.8 Å². The number of carboxylic acid groups (broad SMARTS) is 2. The molecule has 0 fully saturated rings. The molecule has 0 aliphatic rings. The minimum Gasteiger partial charge on any atom is -0.478 e. The molecule has 19 rings (SSSR count).